The predicted molar refractivity (Wildman–Crippen MR) is 68.0 cm³/mol. The summed E-state index contributed by atoms with van der Waals surface area (Å²) < 4.78 is 5.56. The van der Waals surface area contributed by atoms with Crippen molar-refractivity contribution in [2.45, 2.75) is 51.6 Å². The van der Waals surface area contributed by atoms with Gasteiger partial charge < -0.3 is 4.74 Å². The van der Waals surface area contributed by atoms with Crippen LogP contribution < -0.4 is 0 Å². The Hall–Kier alpha value is -1.31. The molecular weight excluding hydrogens is 212 g/mol. The molecule has 1 aromatic rings. The smallest absolute Gasteiger partial charge is 0.339 e. The highest BCUT2D eigenvalue weighted by Gasteiger charge is 2.40. The molecule has 0 aromatic heterocycles. The number of benzene rings is 1. The molecule has 0 aliphatic carbocycles. The van der Waals surface area contributed by atoms with Crippen LogP contribution in [-0.4, -0.2) is 5.97 Å². The van der Waals surface area contributed by atoms with Crippen molar-refractivity contribution >= 4 is 5.97 Å². The number of hydrogen-bond donors (Lipinski definition) is 0. The van der Waals surface area contributed by atoms with Crippen LogP contribution in [0.15, 0.2) is 24.3 Å². The van der Waals surface area contributed by atoms with E-state index < -0.39 is 5.60 Å². The first-order valence-corrected chi connectivity index (χ1v) is 6.50. The van der Waals surface area contributed by atoms with Gasteiger partial charge in [0.25, 0.3) is 0 Å². The Morgan fingerprint density at radius 3 is 2.71 bits per heavy atom. The fourth-order valence-corrected chi connectivity index (χ4v) is 2.51. The number of unbranched alkanes of at least 4 members (excludes halogenated alkanes) is 3. The van der Waals surface area contributed by atoms with Crippen molar-refractivity contribution in [2.24, 2.45) is 0 Å². The summed E-state index contributed by atoms with van der Waals surface area (Å²) in [5, 5.41) is 0. The summed E-state index contributed by atoms with van der Waals surface area (Å²) >= 11 is 0. The maximum Gasteiger partial charge on any atom is 0.339 e. The number of rotatable bonds is 5. The van der Waals surface area contributed by atoms with Crippen molar-refractivity contribution in [3.8, 4) is 0 Å². The number of carbonyl (C=O) groups excluding carboxylic acids is 1. The van der Waals surface area contributed by atoms with Crippen molar-refractivity contribution in [3.05, 3.63) is 35.4 Å². The maximum atomic E-state index is 11.7. The molecule has 0 spiro atoms. The van der Waals surface area contributed by atoms with E-state index in [2.05, 4.69) is 6.92 Å². The second-order valence-corrected chi connectivity index (χ2v) is 4.98. The zero-order valence-electron chi connectivity index (χ0n) is 10.7. The molecule has 0 fully saturated rings. The van der Waals surface area contributed by atoms with Crippen molar-refractivity contribution in [2.75, 3.05) is 0 Å². The van der Waals surface area contributed by atoms with Gasteiger partial charge in [-0.2, -0.15) is 0 Å². The summed E-state index contributed by atoms with van der Waals surface area (Å²) in [7, 11) is 0. The van der Waals surface area contributed by atoms with Gasteiger partial charge in [-0.15, -0.1) is 0 Å². The summed E-state index contributed by atoms with van der Waals surface area (Å²) in [6.45, 7) is 4.23. The van der Waals surface area contributed by atoms with E-state index in [4.69, 9.17) is 4.74 Å². The van der Waals surface area contributed by atoms with Crippen LogP contribution >= 0.6 is 0 Å². The lowest BCUT2D eigenvalue weighted by Gasteiger charge is -2.23. The Morgan fingerprint density at radius 2 is 1.94 bits per heavy atom. The normalized spacial score (nSPS) is 22.4. The highest BCUT2D eigenvalue weighted by Crippen LogP contribution is 2.39. The Bertz CT molecular complexity index is 411. The fourth-order valence-electron chi connectivity index (χ4n) is 2.51. The third-order valence-electron chi connectivity index (χ3n) is 3.54. The number of fused-ring (bicyclic) bond motifs is 1. The van der Waals surface area contributed by atoms with Gasteiger partial charge in [-0.05, 0) is 25.8 Å². The lowest BCUT2D eigenvalue weighted by Crippen LogP contribution is -2.21. The average Bonchev–Trinajstić information content (AvgIpc) is 2.59. The molecule has 1 aliphatic heterocycles. The van der Waals surface area contributed by atoms with Crippen LogP contribution in [0.3, 0.4) is 0 Å². The van der Waals surface area contributed by atoms with Gasteiger partial charge >= 0.3 is 5.97 Å². The molecule has 1 heterocycles. The van der Waals surface area contributed by atoms with Crippen LogP contribution in [0.5, 0.6) is 0 Å². The Kier molecular flexibility index (Phi) is 3.51. The highest BCUT2D eigenvalue weighted by molar-refractivity contribution is 5.94. The van der Waals surface area contributed by atoms with Gasteiger partial charge in [0.15, 0.2) is 0 Å². The second-order valence-electron chi connectivity index (χ2n) is 4.98. The minimum absolute atomic E-state index is 0.168. The molecule has 2 heteroatoms. The minimum atomic E-state index is -0.401. The molecule has 1 aliphatic rings. The summed E-state index contributed by atoms with van der Waals surface area (Å²) in [6, 6.07) is 7.74. The number of carbonyl (C=O) groups is 1. The molecule has 0 saturated carbocycles. The largest absolute Gasteiger partial charge is 0.451 e. The van der Waals surface area contributed by atoms with Crippen LogP contribution in [0.4, 0.5) is 0 Å². The third kappa shape index (κ3) is 2.36. The van der Waals surface area contributed by atoms with Gasteiger partial charge in [-0.25, -0.2) is 4.79 Å². The van der Waals surface area contributed by atoms with E-state index in [1.807, 2.05) is 31.2 Å². The molecule has 17 heavy (non-hydrogen) atoms. The van der Waals surface area contributed by atoms with Crippen LogP contribution in [0.25, 0.3) is 0 Å². The highest BCUT2D eigenvalue weighted by atomic mass is 16.6. The number of hydrogen-bond acceptors (Lipinski definition) is 2. The first kappa shape index (κ1) is 12.2. The predicted octanol–water partition coefficient (Wildman–Crippen LogP) is 4.04. The van der Waals surface area contributed by atoms with Crippen LogP contribution in [-0.2, 0) is 10.3 Å². The van der Waals surface area contributed by atoms with Crippen molar-refractivity contribution in [1.82, 2.24) is 0 Å². The molecule has 0 N–H and O–H groups in total. The summed E-state index contributed by atoms with van der Waals surface area (Å²) in [5.74, 6) is -0.168. The van der Waals surface area contributed by atoms with E-state index in [1.165, 1.54) is 19.3 Å². The van der Waals surface area contributed by atoms with Crippen LogP contribution in [0, 0.1) is 0 Å². The fraction of sp³-hybridized carbons (Fsp3) is 0.533. The molecule has 0 radical (unpaired) electrons. The SMILES string of the molecule is CCCCCCC1(C)OC(=O)c2ccccc21. The zero-order valence-corrected chi connectivity index (χ0v) is 10.7. The molecule has 92 valence electrons. The summed E-state index contributed by atoms with van der Waals surface area (Å²) in [5.41, 5.74) is 1.40. The molecule has 0 amide bonds. The van der Waals surface area contributed by atoms with Crippen molar-refractivity contribution in [3.63, 3.8) is 0 Å². The topological polar surface area (TPSA) is 26.3 Å². The van der Waals surface area contributed by atoms with E-state index >= 15 is 0 Å². The van der Waals surface area contributed by atoms with Crippen LogP contribution in [0.2, 0.25) is 0 Å². The average molecular weight is 232 g/mol. The van der Waals surface area contributed by atoms with E-state index in [0.717, 1.165) is 24.0 Å². The van der Waals surface area contributed by atoms with Gasteiger partial charge in [0.1, 0.15) is 5.60 Å². The molecule has 1 aromatic carbocycles. The second kappa shape index (κ2) is 4.91. The molecule has 1 atom stereocenters. The van der Waals surface area contributed by atoms with E-state index in [1.54, 1.807) is 0 Å². The summed E-state index contributed by atoms with van der Waals surface area (Å²) in [6.07, 6.45) is 5.74. The zero-order chi connectivity index (χ0) is 12.3. The lowest BCUT2D eigenvalue weighted by molar-refractivity contribution is -0.00417. The van der Waals surface area contributed by atoms with Gasteiger partial charge in [-0.3, -0.25) is 0 Å². The minimum Gasteiger partial charge on any atom is -0.451 e. The van der Waals surface area contributed by atoms with Gasteiger partial charge in [-0.1, -0.05) is 44.4 Å². The monoisotopic (exact) mass is 232 g/mol. The van der Waals surface area contributed by atoms with E-state index in [9.17, 15) is 4.79 Å². The molecule has 0 bridgehead atoms. The Morgan fingerprint density at radius 1 is 1.18 bits per heavy atom. The standard InChI is InChI=1S/C15H20O2/c1-3-4-5-8-11-15(2)13-10-7-6-9-12(13)14(16)17-15/h6-7,9-10H,3-5,8,11H2,1-2H3. The van der Waals surface area contributed by atoms with Gasteiger partial charge in [0.2, 0.25) is 0 Å². The van der Waals surface area contributed by atoms with Crippen molar-refractivity contribution in [1.29, 1.82) is 0 Å². The quantitative estimate of drug-likeness (QED) is 0.565. The lowest BCUT2D eigenvalue weighted by atomic mass is 9.89. The molecule has 0 saturated heterocycles. The molecule has 2 nitrogen and oxygen atoms in total. The van der Waals surface area contributed by atoms with E-state index in [-0.39, 0.29) is 5.97 Å². The number of esters is 1. The van der Waals surface area contributed by atoms with Crippen LogP contribution in [0.1, 0.15) is 61.9 Å². The summed E-state index contributed by atoms with van der Waals surface area (Å²) in [4.78, 5) is 11.7. The van der Waals surface area contributed by atoms with Gasteiger partial charge in [0, 0.05) is 5.56 Å². The number of ether oxygens (including phenoxy) is 1. The Labute approximate surface area is 103 Å². The Balaban J connectivity index is 2.09. The maximum absolute atomic E-state index is 11.7. The van der Waals surface area contributed by atoms with Gasteiger partial charge in [0.05, 0.1) is 5.56 Å². The first-order valence-electron chi connectivity index (χ1n) is 6.50. The van der Waals surface area contributed by atoms with Crippen molar-refractivity contribution < 1.29 is 9.53 Å². The third-order valence-corrected chi connectivity index (χ3v) is 3.54. The molecular formula is C15H20O2. The number of cyclic esters (lactones) is 1. The molecule has 2 rings (SSSR count). The first-order chi connectivity index (χ1) is 8.17. The molecule has 1 unspecified atom stereocenters. The van der Waals surface area contributed by atoms with E-state index in [0.29, 0.717) is 0 Å².